The lowest BCUT2D eigenvalue weighted by Crippen LogP contribution is -2.36. The van der Waals surface area contributed by atoms with Gasteiger partial charge in [0, 0.05) is 23.9 Å². The van der Waals surface area contributed by atoms with E-state index in [2.05, 4.69) is 27.5 Å². The number of nitrogens with zero attached hydrogens (tertiary/aromatic N) is 2. The van der Waals surface area contributed by atoms with Gasteiger partial charge in [0.15, 0.2) is 15.8 Å². The Morgan fingerprint density at radius 3 is 2.56 bits per heavy atom. The topological polar surface area (TPSA) is 83.5 Å². The van der Waals surface area contributed by atoms with E-state index in [1.807, 2.05) is 25.3 Å². The Kier molecular flexibility index (Phi) is 9.68. The number of thiazole rings is 1. The van der Waals surface area contributed by atoms with Crippen molar-refractivity contribution in [1.29, 1.82) is 0 Å². The van der Waals surface area contributed by atoms with Crippen LogP contribution in [0.4, 0.5) is 0 Å². The number of hydrogen-bond acceptors (Lipinski definition) is 5. The summed E-state index contributed by atoms with van der Waals surface area (Å²) in [5.74, 6) is 0.714. The smallest absolute Gasteiger partial charge is 0.191 e. The average Bonchev–Trinajstić information content (AvgIpc) is 3.04. The van der Waals surface area contributed by atoms with E-state index >= 15 is 0 Å². The molecule has 2 rings (SSSR count). The number of aliphatic imine (C=N–C) groups is 1. The molecular weight excluding hydrogens is 495 g/mol. The van der Waals surface area contributed by atoms with Gasteiger partial charge in [-0.3, -0.25) is 0 Å². The normalized spacial score (nSPS) is 11.8. The summed E-state index contributed by atoms with van der Waals surface area (Å²) in [6.07, 6.45) is 4.13. The summed E-state index contributed by atoms with van der Waals surface area (Å²) in [6.45, 7) is 7.80. The SMILES string of the molecule is CCNC(=NCc1ccc(S(C)(=O)=O)c(C)c1)NCc1ncc(CC)s1.I. The van der Waals surface area contributed by atoms with Crippen molar-refractivity contribution < 1.29 is 8.42 Å². The highest BCUT2D eigenvalue weighted by Crippen LogP contribution is 2.17. The number of sulfone groups is 1. The van der Waals surface area contributed by atoms with Gasteiger partial charge in [0.05, 0.1) is 18.0 Å². The first-order valence-electron chi connectivity index (χ1n) is 8.58. The highest BCUT2D eigenvalue weighted by Gasteiger charge is 2.10. The molecule has 0 atom stereocenters. The second-order valence-corrected chi connectivity index (χ2v) is 9.18. The zero-order chi connectivity index (χ0) is 19.2. The van der Waals surface area contributed by atoms with Crippen molar-refractivity contribution >= 4 is 51.1 Å². The van der Waals surface area contributed by atoms with Crippen molar-refractivity contribution in [3.63, 3.8) is 0 Å². The first-order chi connectivity index (χ1) is 12.3. The van der Waals surface area contributed by atoms with Gasteiger partial charge in [-0.15, -0.1) is 35.3 Å². The highest BCUT2D eigenvalue weighted by molar-refractivity contribution is 14.0. The van der Waals surface area contributed by atoms with Gasteiger partial charge in [-0.2, -0.15) is 0 Å². The quantitative estimate of drug-likeness (QED) is 0.331. The second kappa shape index (κ2) is 11.0. The molecule has 9 heteroatoms. The third kappa shape index (κ3) is 7.38. The van der Waals surface area contributed by atoms with Gasteiger partial charge in [-0.25, -0.2) is 18.4 Å². The number of aromatic nitrogens is 1. The molecule has 0 saturated heterocycles. The molecule has 0 bridgehead atoms. The van der Waals surface area contributed by atoms with E-state index in [0.717, 1.165) is 29.1 Å². The minimum Gasteiger partial charge on any atom is -0.357 e. The summed E-state index contributed by atoms with van der Waals surface area (Å²) in [7, 11) is -3.20. The number of hydrogen-bond donors (Lipinski definition) is 2. The second-order valence-electron chi connectivity index (χ2n) is 5.99. The van der Waals surface area contributed by atoms with E-state index < -0.39 is 9.84 Å². The van der Waals surface area contributed by atoms with Crippen LogP contribution < -0.4 is 10.6 Å². The molecule has 0 aliphatic heterocycles. The van der Waals surface area contributed by atoms with Crippen LogP contribution in [0.1, 0.15) is 34.9 Å². The van der Waals surface area contributed by atoms with Gasteiger partial charge in [-0.05, 0) is 37.5 Å². The van der Waals surface area contributed by atoms with Crippen LogP contribution in [0.15, 0.2) is 34.3 Å². The molecular formula is C18H27IN4O2S2. The minimum atomic E-state index is -3.20. The number of halogens is 1. The van der Waals surface area contributed by atoms with Crippen LogP contribution >= 0.6 is 35.3 Å². The molecule has 0 saturated carbocycles. The van der Waals surface area contributed by atoms with Gasteiger partial charge in [-0.1, -0.05) is 19.1 Å². The van der Waals surface area contributed by atoms with Gasteiger partial charge in [0.25, 0.3) is 0 Å². The van der Waals surface area contributed by atoms with E-state index in [1.165, 1.54) is 11.1 Å². The Morgan fingerprint density at radius 2 is 2.00 bits per heavy atom. The lowest BCUT2D eigenvalue weighted by Gasteiger charge is -2.11. The van der Waals surface area contributed by atoms with Crippen molar-refractivity contribution in [3.05, 3.63) is 45.4 Å². The Morgan fingerprint density at radius 1 is 1.26 bits per heavy atom. The zero-order valence-corrected chi connectivity index (χ0v) is 20.0. The minimum absolute atomic E-state index is 0. The summed E-state index contributed by atoms with van der Waals surface area (Å²) in [6, 6.07) is 5.33. The largest absolute Gasteiger partial charge is 0.357 e. The van der Waals surface area contributed by atoms with Crippen LogP contribution in [-0.4, -0.2) is 32.2 Å². The number of guanidine groups is 1. The van der Waals surface area contributed by atoms with Crippen molar-refractivity contribution in [2.24, 2.45) is 4.99 Å². The Balaban J connectivity index is 0.00000364. The summed E-state index contributed by atoms with van der Waals surface area (Å²) in [5, 5.41) is 7.53. The predicted molar refractivity (Wildman–Crippen MR) is 123 cm³/mol. The van der Waals surface area contributed by atoms with Crippen LogP contribution in [0.25, 0.3) is 0 Å². The van der Waals surface area contributed by atoms with Gasteiger partial charge < -0.3 is 10.6 Å². The van der Waals surface area contributed by atoms with E-state index in [4.69, 9.17) is 0 Å². The molecule has 6 nitrogen and oxygen atoms in total. The molecule has 0 spiro atoms. The number of nitrogens with one attached hydrogen (secondary N) is 2. The summed E-state index contributed by atoms with van der Waals surface area (Å²) < 4.78 is 23.4. The lowest BCUT2D eigenvalue weighted by molar-refractivity contribution is 0.601. The molecule has 0 aliphatic rings. The fourth-order valence-electron chi connectivity index (χ4n) is 2.49. The van der Waals surface area contributed by atoms with Crippen LogP contribution in [0.2, 0.25) is 0 Å². The van der Waals surface area contributed by atoms with E-state index in [0.29, 0.717) is 23.9 Å². The summed E-state index contributed by atoms with van der Waals surface area (Å²) in [4.78, 5) is 10.6. The maximum Gasteiger partial charge on any atom is 0.191 e. The van der Waals surface area contributed by atoms with Crippen LogP contribution in [0.5, 0.6) is 0 Å². The monoisotopic (exact) mass is 522 g/mol. The molecule has 2 N–H and O–H groups in total. The first kappa shape index (κ1) is 23.8. The van der Waals surface area contributed by atoms with Crippen molar-refractivity contribution in [2.45, 2.75) is 45.2 Å². The molecule has 0 aliphatic carbocycles. The molecule has 1 aromatic carbocycles. The van der Waals surface area contributed by atoms with E-state index in [-0.39, 0.29) is 24.0 Å². The molecule has 0 fully saturated rings. The number of benzene rings is 1. The Bertz CT molecular complexity index is 879. The Labute approximate surface area is 182 Å². The van der Waals surface area contributed by atoms with Crippen LogP contribution in [0.3, 0.4) is 0 Å². The molecule has 0 amide bonds. The molecule has 1 aromatic heterocycles. The van der Waals surface area contributed by atoms with Gasteiger partial charge in [0.1, 0.15) is 5.01 Å². The predicted octanol–water partition coefficient (Wildman–Crippen LogP) is 3.29. The molecule has 1 heterocycles. The van der Waals surface area contributed by atoms with Crippen molar-refractivity contribution in [3.8, 4) is 0 Å². The summed E-state index contributed by atoms with van der Waals surface area (Å²) in [5.41, 5.74) is 1.71. The van der Waals surface area contributed by atoms with Crippen molar-refractivity contribution in [2.75, 3.05) is 12.8 Å². The maximum absolute atomic E-state index is 11.7. The van der Waals surface area contributed by atoms with E-state index in [9.17, 15) is 8.42 Å². The van der Waals surface area contributed by atoms with Crippen molar-refractivity contribution in [1.82, 2.24) is 15.6 Å². The Hall–Kier alpha value is -1.20. The number of aryl methyl sites for hydroxylation is 2. The molecule has 150 valence electrons. The first-order valence-corrected chi connectivity index (χ1v) is 11.3. The lowest BCUT2D eigenvalue weighted by atomic mass is 10.1. The maximum atomic E-state index is 11.7. The summed E-state index contributed by atoms with van der Waals surface area (Å²) >= 11 is 1.70. The zero-order valence-electron chi connectivity index (χ0n) is 16.1. The van der Waals surface area contributed by atoms with Crippen LogP contribution in [-0.2, 0) is 29.3 Å². The molecule has 27 heavy (non-hydrogen) atoms. The van der Waals surface area contributed by atoms with E-state index in [1.54, 1.807) is 24.3 Å². The van der Waals surface area contributed by atoms with Crippen LogP contribution in [0, 0.1) is 6.92 Å². The third-order valence-corrected chi connectivity index (χ3v) is 6.16. The molecule has 2 aromatic rings. The highest BCUT2D eigenvalue weighted by atomic mass is 127. The third-order valence-electron chi connectivity index (χ3n) is 3.76. The average molecular weight is 522 g/mol. The molecule has 0 radical (unpaired) electrons. The van der Waals surface area contributed by atoms with Gasteiger partial charge >= 0.3 is 0 Å². The standard InChI is InChI=1S/C18H26N4O2S2.HI/c1-5-15-11-20-17(25-15)12-22-18(19-6-2)21-10-14-7-8-16(13(3)9-14)26(4,23)24;/h7-9,11H,5-6,10,12H2,1-4H3,(H2,19,21,22);1H. The fraction of sp³-hybridized carbons (Fsp3) is 0.444. The van der Waals surface area contributed by atoms with Gasteiger partial charge in [0.2, 0.25) is 0 Å². The fourth-order valence-corrected chi connectivity index (χ4v) is 4.25. The number of rotatable bonds is 7. The molecule has 0 unspecified atom stereocenters.